The number of nitrogens with one attached hydrogen (secondary N) is 3. The summed E-state index contributed by atoms with van der Waals surface area (Å²) in [4.78, 5) is 23.5. The number of carbonyl (C=O) groups is 2. The summed E-state index contributed by atoms with van der Waals surface area (Å²) in [6, 6.07) is 6.86. The van der Waals surface area contributed by atoms with Crippen LogP contribution in [0.3, 0.4) is 0 Å². The smallest absolute Gasteiger partial charge is 0.251 e. The first-order valence-corrected chi connectivity index (χ1v) is 6.75. The van der Waals surface area contributed by atoms with Gasteiger partial charge in [0.25, 0.3) is 5.91 Å². The minimum Gasteiger partial charge on any atom is -0.347 e. The van der Waals surface area contributed by atoms with Crippen molar-refractivity contribution in [1.29, 1.82) is 0 Å². The van der Waals surface area contributed by atoms with Crippen molar-refractivity contribution < 1.29 is 9.59 Å². The fourth-order valence-corrected chi connectivity index (χ4v) is 1.54. The molecule has 0 bridgehead atoms. The number of hydrogen-bond acceptors (Lipinski definition) is 3. The Hall–Kier alpha value is -1.88. The Labute approximate surface area is 120 Å². The average Bonchev–Trinajstić information content (AvgIpc) is 2.39. The predicted octanol–water partition coefficient (Wildman–Crippen LogP) is 1.76. The second-order valence-electron chi connectivity index (χ2n) is 5.35. The first-order valence-electron chi connectivity index (χ1n) is 6.75. The molecule has 20 heavy (non-hydrogen) atoms. The van der Waals surface area contributed by atoms with Gasteiger partial charge in [-0.25, -0.2) is 0 Å². The molecule has 0 spiro atoms. The van der Waals surface area contributed by atoms with E-state index in [1.54, 1.807) is 31.3 Å². The molecule has 0 saturated heterocycles. The van der Waals surface area contributed by atoms with Gasteiger partial charge in [-0.2, -0.15) is 0 Å². The van der Waals surface area contributed by atoms with Gasteiger partial charge in [-0.15, -0.1) is 0 Å². The van der Waals surface area contributed by atoms with E-state index in [-0.39, 0.29) is 23.9 Å². The van der Waals surface area contributed by atoms with Gasteiger partial charge >= 0.3 is 0 Å². The SMILES string of the molecule is CCC(C)(C)NC(=O)c1ccc(NC(=O)CNC)cc1. The molecule has 110 valence electrons. The monoisotopic (exact) mass is 277 g/mol. The van der Waals surface area contributed by atoms with Crippen LogP contribution < -0.4 is 16.0 Å². The Balaban J connectivity index is 2.66. The highest BCUT2D eigenvalue weighted by molar-refractivity contribution is 5.96. The van der Waals surface area contributed by atoms with Gasteiger partial charge in [0.1, 0.15) is 0 Å². The Kier molecular flexibility index (Phi) is 5.70. The molecule has 5 heteroatoms. The first kappa shape index (κ1) is 16.2. The standard InChI is InChI=1S/C15H23N3O2/c1-5-15(2,3)18-14(20)11-6-8-12(9-7-11)17-13(19)10-16-4/h6-9,16H,5,10H2,1-4H3,(H,17,19)(H,18,20). The van der Waals surface area contributed by atoms with Gasteiger partial charge in [-0.3, -0.25) is 9.59 Å². The van der Waals surface area contributed by atoms with E-state index in [2.05, 4.69) is 16.0 Å². The summed E-state index contributed by atoms with van der Waals surface area (Å²) in [5.41, 5.74) is 1.03. The molecule has 2 amide bonds. The van der Waals surface area contributed by atoms with Gasteiger partial charge in [0.2, 0.25) is 5.91 Å². The van der Waals surface area contributed by atoms with Crippen molar-refractivity contribution in [2.45, 2.75) is 32.7 Å². The van der Waals surface area contributed by atoms with E-state index in [1.165, 1.54) is 0 Å². The van der Waals surface area contributed by atoms with Gasteiger partial charge < -0.3 is 16.0 Å². The molecule has 0 aromatic heterocycles. The van der Waals surface area contributed by atoms with Crippen LogP contribution in [0.5, 0.6) is 0 Å². The van der Waals surface area contributed by atoms with E-state index in [4.69, 9.17) is 0 Å². The third-order valence-electron chi connectivity index (χ3n) is 3.10. The lowest BCUT2D eigenvalue weighted by molar-refractivity contribution is -0.115. The van der Waals surface area contributed by atoms with Crippen molar-refractivity contribution >= 4 is 17.5 Å². The maximum absolute atomic E-state index is 12.0. The quantitative estimate of drug-likeness (QED) is 0.742. The van der Waals surface area contributed by atoms with Crippen LogP contribution >= 0.6 is 0 Å². The van der Waals surface area contributed by atoms with Crippen LogP contribution in [0.15, 0.2) is 24.3 Å². The molecule has 0 aliphatic heterocycles. The maximum atomic E-state index is 12.0. The summed E-state index contributed by atoms with van der Waals surface area (Å²) in [5, 5.41) is 8.48. The van der Waals surface area contributed by atoms with Gasteiger partial charge in [-0.1, -0.05) is 6.92 Å². The molecule has 0 fully saturated rings. The molecule has 0 saturated carbocycles. The Bertz CT molecular complexity index is 467. The number of likely N-dealkylation sites (N-methyl/N-ethyl adjacent to an activating group) is 1. The molecule has 1 rings (SSSR count). The number of carbonyl (C=O) groups excluding carboxylic acids is 2. The summed E-state index contributed by atoms with van der Waals surface area (Å²) in [7, 11) is 1.71. The highest BCUT2D eigenvalue weighted by Crippen LogP contribution is 2.12. The van der Waals surface area contributed by atoms with Crippen molar-refractivity contribution in [3.63, 3.8) is 0 Å². The second-order valence-corrected chi connectivity index (χ2v) is 5.35. The summed E-state index contributed by atoms with van der Waals surface area (Å²) >= 11 is 0. The van der Waals surface area contributed by atoms with Crippen molar-refractivity contribution in [3.05, 3.63) is 29.8 Å². The van der Waals surface area contributed by atoms with Crippen LogP contribution in [0.25, 0.3) is 0 Å². The number of hydrogen-bond donors (Lipinski definition) is 3. The van der Waals surface area contributed by atoms with Crippen molar-refractivity contribution in [2.24, 2.45) is 0 Å². The molecule has 5 nitrogen and oxygen atoms in total. The molecule has 1 aromatic carbocycles. The molecule has 0 unspecified atom stereocenters. The zero-order valence-corrected chi connectivity index (χ0v) is 12.5. The molecule has 1 aromatic rings. The van der Waals surface area contributed by atoms with Crippen molar-refractivity contribution in [3.8, 4) is 0 Å². The topological polar surface area (TPSA) is 70.2 Å². The van der Waals surface area contributed by atoms with E-state index in [9.17, 15) is 9.59 Å². The Morgan fingerprint density at radius 3 is 2.25 bits per heavy atom. The van der Waals surface area contributed by atoms with Crippen LogP contribution in [0.4, 0.5) is 5.69 Å². The van der Waals surface area contributed by atoms with Gasteiger partial charge in [0.15, 0.2) is 0 Å². The molecule has 0 heterocycles. The van der Waals surface area contributed by atoms with E-state index in [0.29, 0.717) is 11.3 Å². The van der Waals surface area contributed by atoms with Crippen LogP contribution in [-0.2, 0) is 4.79 Å². The zero-order chi connectivity index (χ0) is 15.2. The van der Waals surface area contributed by atoms with Crippen LogP contribution in [0, 0.1) is 0 Å². The van der Waals surface area contributed by atoms with Crippen molar-refractivity contribution in [1.82, 2.24) is 10.6 Å². The lowest BCUT2D eigenvalue weighted by Crippen LogP contribution is -2.42. The van der Waals surface area contributed by atoms with E-state index < -0.39 is 0 Å². The number of amides is 2. The minimum absolute atomic E-state index is 0.107. The fourth-order valence-electron chi connectivity index (χ4n) is 1.54. The number of benzene rings is 1. The van der Waals surface area contributed by atoms with Crippen LogP contribution in [-0.4, -0.2) is 30.9 Å². The third kappa shape index (κ3) is 5.01. The molecule has 3 N–H and O–H groups in total. The number of rotatable bonds is 6. The molecule has 0 aliphatic rings. The zero-order valence-electron chi connectivity index (χ0n) is 12.5. The van der Waals surface area contributed by atoms with E-state index >= 15 is 0 Å². The molecule has 0 atom stereocenters. The van der Waals surface area contributed by atoms with Crippen LogP contribution in [0.2, 0.25) is 0 Å². The van der Waals surface area contributed by atoms with Gasteiger partial charge in [0.05, 0.1) is 6.54 Å². The van der Waals surface area contributed by atoms with E-state index in [1.807, 2.05) is 20.8 Å². The van der Waals surface area contributed by atoms with Gasteiger partial charge in [0, 0.05) is 16.8 Å². The minimum atomic E-state index is -0.225. The predicted molar refractivity (Wildman–Crippen MR) is 80.8 cm³/mol. The van der Waals surface area contributed by atoms with Gasteiger partial charge in [-0.05, 0) is 51.6 Å². The first-order chi connectivity index (χ1) is 9.38. The highest BCUT2D eigenvalue weighted by atomic mass is 16.2. The van der Waals surface area contributed by atoms with E-state index in [0.717, 1.165) is 6.42 Å². The summed E-state index contributed by atoms with van der Waals surface area (Å²) in [6.45, 7) is 6.25. The average molecular weight is 277 g/mol. The molecule has 0 aliphatic carbocycles. The summed E-state index contributed by atoms with van der Waals surface area (Å²) in [6.07, 6.45) is 0.858. The van der Waals surface area contributed by atoms with Crippen molar-refractivity contribution in [2.75, 3.05) is 18.9 Å². The third-order valence-corrected chi connectivity index (χ3v) is 3.10. The Morgan fingerprint density at radius 2 is 1.75 bits per heavy atom. The summed E-state index contributed by atoms with van der Waals surface area (Å²) < 4.78 is 0. The fraction of sp³-hybridized carbons (Fsp3) is 0.467. The number of anilines is 1. The lowest BCUT2D eigenvalue weighted by Gasteiger charge is -2.24. The largest absolute Gasteiger partial charge is 0.347 e. The highest BCUT2D eigenvalue weighted by Gasteiger charge is 2.18. The second kappa shape index (κ2) is 7.05. The summed E-state index contributed by atoms with van der Waals surface area (Å²) in [5.74, 6) is -0.221. The molecular weight excluding hydrogens is 254 g/mol. The molecule has 0 radical (unpaired) electrons. The normalized spacial score (nSPS) is 11.0. The lowest BCUT2D eigenvalue weighted by atomic mass is 10.0. The maximum Gasteiger partial charge on any atom is 0.251 e. The Morgan fingerprint density at radius 1 is 1.15 bits per heavy atom. The molecular formula is C15H23N3O2. The van der Waals surface area contributed by atoms with Crippen LogP contribution in [0.1, 0.15) is 37.6 Å².